The third kappa shape index (κ3) is 3.48. The van der Waals surface area contributed by atoms with Crippen molar-refractivity contribution in [2.75, 3.05) is 27.2 Å². The summed E-state index contributed by atoms with van der Waals surface area (Å²) in [7, 11) is -0.612. The van der Waals surface area contributed by atoms with E-state index in [-0.39, 0.29) is 23.0 Å². The molecule has 7 heteroatoms. The predicted octanol–water partition coefficient (Wildman–Crippen LogP) is 1.19. The van der Waals surface area contributed by atoms with Gasteiger partial charge in [0.15, 0.2) is 0 Å². The molecule has 0 aromatic heterocycles. The number of nitrogens with zero attached hydrogens (tertiary/aromatic N) is 2. The Balaban J connectivity index is 2.28. The average molecular weight is 326 g/mol. The number of hydrogen-bond donors (Lipinski definition) is 0. The van der Waals surface area contributed by atoms with Gasteiger partial charge in [-0.15, -0.1) is 0 Å². The van der Waals surface area contributed by atoms with Crippen molar-refractivity contribution in [3.05, 3.63) is 29.8 Å². The fraction of sp³-hybridized carbons (Fsp3) is 0.533. The zero-order chi connectivity index (χ0) is 16.5. The Bertz CT molecular complexity index is 647. The van der Waals surface area contributed by atoms with Crippen LogP contribution in [-0.4, -0.2) is 62.9 Å². The van der Waals surface area contributed by atoms with Gasteiger partial charge in [0, 0.05) is 32.7 Å². The molecule has 0 aliphatic carbocycles. The molecule has 0 N–H and O–H groups in total. The van der Waals surface area contributed by atoms with E-state index in [0.29, 0.717) is 18.7 Å². The van der Waals surface area contributed by atoms with Crippen molar-refractivity contribution in [1.29, 1.82) is 0 Å². The van der Waals surface area contributed by atoms with Crippen LogP contribution >= 0.6 is 0 Å². The topological polar surface area (TPSA) is 66.9 Å². The van der Waals surface area contributed by atoms with E-state index in [9.17, 15) is 13.2 Å². The summed E-state index contributed by atoms with van der Waals surface area (Å²) in [5.41, 5.74) is 0.379. The predicted molar refractivity (Wildman–Crippen MR) is 83.2 cm³/mol. The molecule has 1 fully saturated rings. The van der Waals surface area contributed by atoms with Gasteiger partial charge in [-0.25, -0.2) is 12.7 Å². The lowest BCUT2D eigenvalue weighted by atomic mass is 10.1. The summed E-state index contributed by atoms with van der Waals surface area (Å²) < 4.78 is 31.1. The molecule has 22 heavy (non-hydrogen) atoms. The highest BCUT2D eigenvalue weighted by Gasteiger charge is 2.27. The van der Waals surface area contributed by atoms with Crippen LogP contribution in [0.5, 0.6) is 0 Å². The maximum absolute atomic E-state index is 12.6. The molecule has 1 aliphatic rings. The summed E-state index contributed by atoms with van der Waals surface area (Å²) in [6, 6.07) is 6.16. The highest BCUT2D eigenvalue weighted by molar-refractivity contribution is 7.89. The number of benzene rings is 1. The molecule has 1 saturated heterocycles. The molecule has 0 radical (unpaired) electrons. The molecule has 0 spiro atoms. The Kier molecular flexibility index (Phi) is 4.89. The minimum absolute atomic E-state index is 0.0265. The molecule has 2 atom stereocenters. The SMILES string of the molecule is CC1CN(C(=O)c2cccc(S(=O)(=O)N(C)C)c2)CC(C)O1. The molecule has 0 saturated carbocycles. The molecule has 0 bridgehead atoms. The van der Waals surface area contributed by atoms with Gasteiger partial charge in [0.2, 0.25) is 10.0 Å². The number of ether oxygens (including phenoxy) is 1. The van der Waals surface area contributed by atoms with Crippen LogP contribution in [0.2, 0.25) is 0 Å². The van der Waals surface area contributed by atoms with Gasteiger partial charge in [0.25, 0.3) is 5.91 Å². The van der Waals surface area contributed by atoms with Crippen LogP contribution in [-0.2, 0) is 14.8 Å². The summed E-state index contributed by atoms with van der Waals surface area (Å²) in [5, 5.41) is 0. The molecular formula is C15H22N2O4S. The maximum atomic E-state index is 12.6. The average Bonchev–Trinajstić information content (AvgIpc) is 2.45. The monoisotopic (exact) mass is 326 g/mol. The van der Waals surface area contributed by atoms with E-state index in [1.54, 1.807) is 17.0 Å². The molecule has 122 valence electrons. The van der Waals surface area contributed by atoms with Crippen LogP contribution in [0.25, 0.3) is 0 Å². The first-order valence-electron chi connectivity index (χ1n) is 7.19. The summed E-state index contributed by atoms with van der Waals surface area (Å²) in [6.45, 7) is 4.85. The van der Waals surface area contributed by atoms with Crippen LogP contribution in [0.15, 0.2) is 29.2 Å². The summed E-state index contributed by atoms with van der Waals surface area (Å²) >= 11 is 0. The van der Waals surface area contributed by atoms with E-state index in [2.05, 4.69) is 0 Å². The quantitative estimate of drug-likeness (QED) is 0.837. The normalized spacial score (nSPS) is 22.9. The number of amides is 1. The summed E-state index contributed by atoms with van der Waals surface area (Å²) in [4.78, 5) is 14.4. The van der Waals surface area contributed by atoms with Crippen LogP contribution in [0, 0.1) is 0 Å². The van der Waals surface area contributed by atoms with E-state index in [0.717, 1.165) is 4.31 Å². The first-order chi connectivity index (χ1) is 10.2. The number of morpholine rings is 1. The van der Waals surface area contributed by atoms with Crippen LogP contribution in [0.1, 0.15) is 24.2 Å². The fourth-order valence-corrected chi connectivity index (χ4v) is 3.47. The van der Waals surface area contributed by atoms with E-state index in [1.807, 2.05) is 13.8 Å². The van der Waals surface area contributed by atoms with Gasteiger partial charge in [-0.3, -0.25) is 4.79 Å². The van der Waals surface area contributed by atoms with Gasteiger partial charge in [0.05, 0.1) is 17.1 Å². The lowest BCUT2D eigenvalue weighted by Crippen LogP contribution is -2.48. The smallest absolute Gasteiger partial charge is 0.254 e. The molecule has 6 nitrogen and oxygen atoms in total. The highest BCUT2D eigenvalue weighted by atomic mass is 32.2. The van der Waals surface area contributed by atoms with Crippen LogP contribution in [0.3, 0.4) is 0 Å². The van der Waals surface area contributed by atoms with Gasteiger partial charge in [-0.05, 0) is 32.0 Å². The minimum atomic E-state index is -3.55. The zero-order valence-corrected chi connectivity index (χ0v) is 14.1. The molecule has 1 amide bonds. The fourth-order valence-electron chi connectivity index (χ4n) is 2.53. The lowest BCUT2D eigenvalue weighted by Gasteiger charge is -2.35. The van der Waals surface area contributed by atoms with Gasteiger partial charge < -0.3 is 9.64 Å². The van der Waals surface area contributed by atoms with E-state index in [4.69, 9.17) is 4.74 Å². The van der Waals surface area contributed by atoms with E-state index in [1.165, 1.54) is 26.2 Å². The third-order valence-electron chi connectivity index (χ3n) is 3.57. The van der Waals surface area contributed by atoms with Crippen LogP contribution < -0.4 is 0 Å². The highest BCUT2D eigenvalue weighted by Crippen LogP contribution is 2.18. The van der Waals surface area contributed by atoms with Gasteiger partial charge in [0.1, 0.15) is 0 Å². The van der Waals surface area contributed by atoms with E-state index < -0.39 is 10.0 Å². The molecule has 1 heterocycles. The number of hydrogen-bond acceptors (Lipinski definition) is 4. The Labute approximate surface area is 131 Å². The van der Waals surface area contributed by atoms with Crippen LogP contribution in [0.4, 0.5) is 0 Å². The molecule has 1 aliphatic heterocycles. The second kappa shape index (κ2) is 6.36. The second-order valence-corrected chi connectivity index (χ2v) is 7.93. The lowest BCUT2D eigenvalue weighted by molar-refractivity contribution is -0.0586. The van der Waals surface area contributed by atoms with Crippen molar-refractivity contribution in [3.63, 3.8) is 0 Å². The number of carbonyl (C=O) groups is 1. The van der Waals surface area contributed by atoms with Crippen molar-refractivity contribution < 1.29 is 17.9 Å². The molecule has 2 rings (SSSR count). The Hall–Kier alpha value is -1.44. The molecule has 1 aromatic rings. The Morgan fingerprint density at radius 3 is 2.36 bits per heavy atom. The Morgan fingerprint density at radius 1 is 1.23 bits per heavy atom. The van der Waals surface area contributed by atoms with Crippen molar-refractivity contribution in [2.45, 2.75) is 31.0 Å². The third-order valence-corrected chi connectivity index (χ3v) is 5.38. The Morgan fingerprint density at radius 2 is 1.82 bits per heavy atom. The van der Waals surface area contributed by atoms with Gasteiger partial charge in [-0.2, -0.15) is 0 Å². The van der Waals surface area contributed by atoms with Gasteiger partial charge >= 0.3 is 0 Å². The number of rotatable bonds is 3. The van der Waals surface area contributed by atoms with Crippen molar-refractivity contribution >= 4 is 15.9 Å². The number of carbonyl (C=O) groups excluding carboxylic acids is 1. The maximum Gasteiger partial charge on any atom is 0.254 e. The summed E-state index contributed by atoms with van der Waals surface area (Å²) in [5.74, 6) is -0.169. The second-order valence-electron chi connectivity index (χ2n) is 5.78. The summed E-state index contributed by atoms with van der Waals surface area (Å²) in [6.07, 6.45) is -0.0530. The van der Waals surface area contributed by atoms with Crippen molar-refractivity contribution in [1.82, 2.24) is 9.21 Å². The van der Waals surface area contributed by atoms with E-state index >= 15 is 0 Å². The molecule has 2 unspecified atom stereocenters. The van der Waals surface area contributed by atoms with Crippen molar-refractivity contribution in [2.24, 2.45) is 0 Å². The van der Waals surface area contributed by atoms with Gasteiger partial charge in [-0.1, -0.05) is 6.07 Å². The molecule has 1 aromatic carbocycles. The minimum Gasteiger partial charge on any atom is -0.372 e. The first-order valence-corrected chi connectivity index (χ1v) is 8.63. The number of sulfonamides is 1. The molecular weight excluding hydrogens is 304 g/mol. The largest absolute Gasteiger partial charge is 0.372 e. The zero-order valence-electron chi connectivity index (χ0n) is 13.3. The first kappa shape index (κ1) is 16.9. The standard InChI is InChI=1S/C15H22N2O4S/c1-11-9-17(10-12(2)21-11)15(18)13-6-5-7-14(8-13)22(19,20)16(3)4/h5-8,11-12H,9-10H2,1-4H3. The van der Waals surface area contributed by atoms with Crippen molar-refractivity contribution in [3.8, 4) is 0 Å².